The maximum atomic E-state index is 10.0. The van der Waals surface area contributed by atoms with Crippen molar-refractivity contribution >= 4 is 31.9 Å². The predicted molar refractivity (Wildman–Crippen MR) is 70.9 cm³/mol. The molecule has 1 nitrogen and oxygen atoms in total. The number of hydrogen-bond acceptors (Lipinski definition) is 1. The van der Waals surface area contributed by atoms with Gasteiger partial charge in [-0.15, -0.1) is 0 Å². The molecule has 0 heterocycles. The molecule has 15 heavy (non-hydrogen) atoms. The fourth-order valence-corrected chi connectivity index (χ4v) is 2.76. The molecule has 1 aromatic rings. The second-order valence-corrected chi connectivity index (χ2v) is 5.70. The zero-order chi connectivity index (χ0) is 11.4. The first-order valence-electron chi connectivity index (χ1n) is 5.17. The topological polar surface area (TPSA) is 20.2 Å². The second-order valence-electron chi connectivity index (χ2n) is 3.93. The maximum Gasteiger partial charge on any atom is 0.0803 e. The third-order valence-electron chi connectivity index (χ3n) is 2.64. The summed E-state index contributed by atoms with van der Waals surface area (Å²) < 4.78 is 1.99. The van der Waals surface area contributed by atoms with Crippen LogP contribution in [-0.2, 0) is 0 Å². The van der Waals surface area contributed by atoms with Crippen molar-refractivity contribution in [1.29, 1.82) is 0 Å². The third kappa shape index (κ3) is 3.89. The quantitative estimate of drug-likeness (QED) is 0.846. The van der Waals surface area contributed by atoms with Crippen LogP contribution in [-0.4, -0.2) is 5.11 Å². The first-order chi connectivity index (χ1) is 7.04. The summed E-state index contributed by atoms with van der Waals surface area (Å²) in [6.45, 7) is 4.31. The Morgan fingerprint density at radius 1 is 1.33 bits per heavy atom. The lowest BCUT2D eigenvalue weighted by Gasteiger charge is -2.16. The van der Waals surface area contributed by atoms with Gasteiger partial charge in [0.1, 0.15) is 0 Å². The summed E-state index contributed by atoms with van der Waals surface area (Å²) in [5.74, 6) is 0.551. The third-order valence-corrected chi connectivity index (χ3v) is 3.82. The van der Waals surface area contributed by atoms with E-state index in [4.69, 9.17) is 0 Å². The SMILES string of the molecule is CCC(C)CC(O)c1ccc(Br)cc1Br. The molecule has 2 unspecified atom stereocenters. The van der Waals surface area contributed by atoms with Gasteiger partial charge in [-0.25, -0.2) is 0 Å². The number of rotatable bonds is 4. The van der Waals surface area contributed by atoms with Gasteiger partial charge in [-0.2, -0.15) is 0 Å². The standard InChI is InChI=1S/C12H16Br2O/c1-3-8(2)6-12(15)10-5-4-9(13)7-11(10)14/h4-5,7-8,12,15H,3,6H2,1-2H3. The molecule has 0 spiro atoms. The van der Waals surface area contributed by atoms with E-state index in [-0.39, 0.29) is 6.10 Å². The molecule has 0 amide bonds. The summed E-state index contributed by atoms with van der Waals surface area (Å²) in [5, 5.41) is 10.0. The van der Waals surface area contributed by atoms with Crippen molar-refractivity contribution in [3.8, 4) is 0 Å². The number of aliphatic hydroxyl groups is 1. The Bertz CT molecular complexity index is 325. The molecule has 0 fully saturated rings. The largest absolute Gasteiger partial charge is 0.388 e. The molecule has 0 aliphatic heterocycles. The molecule has 0 radical (unpaired) electrons. The summed E-state index contributed by atoms with van der Waals surface area (Å²) in [6, 6.07) is 5.89. The molecule has 0 aliphatic carbocycles. The van der Waals surface area contributed by atoms with E-state index in [0.717, 1.165) is 27.4 Å². The molecule has 2 atom stereocenters. The fourth-order valence-electron chi connectivity index (χ4n) is 1.45. The lowest BCUT2D eigenvalue weighted by atomic mass is 9.96. The zero-order valence-electron chi connectivity index (χ0n) is 9.00. The van der Waals surface area contributed by atoms with Gasteiger partial charge in [0.2, 0.25) is 0 Å². The van der Waals surface area contributed by atoms with Crippen LogP contribution in [0.5, 0.6) is 0 Å². The predicted octanol–water partition coefficient (Wildman–Crippen LogP) is 4.68. The van der Waals surface area contributed by atoms with Crippen molar-refractivity contribution in [2.75, 3.05) is 0 Å². The van der Waals surface area contributed by atoms with E-state index in [1.165, 1.54) is 0 Å². The molecule has 0 bridgehead atoms. The summed E-state index contributed by atoms with van der Waals surface area (Å²) in [6.07, 6.45) is 1.55. The molecule has 84 valence electrons. The summed E-state index contributed by atoms with van der Waals surface area (Å²) in [7, 11) is 0. The van der Waals surface area contributed by atoms with Crippen LogP contribution in [0.3, 0.4) is 0 Å². The van der Waals surface area contributed by atoms with Gasteiger partial charge in [0, 0.05) is 8.95 Å². The molecule has 0 saturated heterocycles. The minimum atomic E-state index is -0.373. The monoisotopic (exact) mass is 334 g/mol. The molecule has 1 N–H and O–H groups in total. The Morgan fingerprint density at radius 3 is 2.53 bits per heavy atom. The first kappa shape index (κ1) is 13.2. The zero-order valence-corrected chi connectivity index (χ0v) is 12.2. The van der Waals surface area contributed by atoms with Crippen molar-refractivity contribution in [3.63, 3.8) is 0 Å². The highest BCUT2D eigenvalue weighted by molar-refractivity contribution is 9.11. The van der Waals surface area contributed by atoms with Gasteiger partial charge in [-0.05, 0) is 30.0 Å². The van der Waals surface area contributed by atoms with Crippen molar-refractivity contribution in [2.45, 2.75) is 32.8 Å². The summed E-state index contributed by atoms with van der Waals surface area (Å²) in [5.41, 5.74) is 0.971. The smallest absolute Gasteiger partial charge is 0.0803 e. The van der Waals surface area contributed by atoms with Gasteiger partial charge >= 0.3 is 0 Å². The van der Waals surface area contributed by atoms with Crippen LogP contribution >= 0.6 is 31.9 Å². The first-order valence-corrected chi connectivity index (χ1v) is 6.76. The van der Waals surface area contributed by atoms with Gasteiger partial charge in [-0.3, -0.25) is 0 Å². The lowest BCUT2D eigenvalue weighted by molar-refractivity contribution is 0.146. The highest BCUT2D eigenvalue weighted by atomic mass is 79.9. The second kappa shape index (κ2) is 6.02. The van der Waals surface area contributed by atoms with Crippen LogP contribution in [0.15, 0.2) is 27.1 Å². The highest BCUT2D eigenvalue weighted by Crippen LogP contribution is 2.30. The molecule has 0 aliphatic rings. The Hall–Kier alpha value is 0.140. The average Bonchev–Trinajstić information content (AvgIpc) is 2.17. The van der Waals surface area contributed by atoms with E-state index in [0.29, 0.717) is 5.92 Å². The Kier molecular flexibility index (Phi) is 5.30. The number of aliphatic hydroxyl groups excluding tert-OH is 1. The van der Waals surface area contributed by atoms with Crippen LogP contribution in [0, 0.1) is 5.92 Å². The van der Waals surface area contributed by atoms with E-state index >= 15 is 0 Å². The fraction of sp³-hybridized carbons (Fsp3) is 0.500. The van der Waals surface area contributed by atoms with Gasteiger partial charge in [-0.1, -0.05) is 58.2 Å². The Balaban J connectivity index is 2.77. The molecule has 0 saturated carbocycles. The van der Waals surface area contributed by atoms with E-state index in [9.17, 15) is 5.11 Å². The van der Waals surface area contributed by atoms with Crippen LogP contribution in [0.4, 0.5) is 0 Å². The number of benzene rings is 1. The number of hydrogen-bond donors (Lipinski definition) is 1. The van der Waals surface area contributed by atoms with E-state index in [1.54, 1.807) is 0 Å². The van der Waals surface area contributed by atoms with Gasteiger partial charge < -0.3 is 5.11 Å². The van der Waals surface area contributed by atoms with Gasteiger partial charge in [0.25, 0.3) is 0 Å². The number of halogens is 2. The molecule has 0 aromatic heterocycles. The maximum absolute atomic E-state index is 10.0. The van der Waals surface area contributed by atoms with Crippen molar-refractivity contribution in [3.05, 3.63) is 32.7 Å². The Morgan fingerprint density at radius 2 is 2.00 bits per heavy atom. The molecular weight excluding hydrogens is 320 g/mol. The summed E-state index contributed by atoms with van der Waals surface area (Å²) >= 11 is 6.87. The minimum absolute atomic E-state index is 0.373. The van der Waals surface area contributed by atoms with E-state index < -0.39 is 0 Å². The van der Waals surface area contributed by atoms with Crippen molar-refractivity contribution < 1.29 is 5.11 Å². The average molecular weight is 336 g/mol. The minimum Gasteiger partial charge on any atom is -0.388 e. The molecule has 3 heteroatoms. The van der Waals surface area contributed by atoms with Crippen LogP contribution < -0.4 is 0 Å². The van der Waals surface area contributed by atoms with E-state index in [2.05, 4.69) is 45.7 Å². The normalized spacial score (nSPS) is 15.0. The van der Waals surface area contributed by atoms with Crippen LogP contribution in [0.2, 0.25) is 0 Å². The van der Waals surface area contributed by atoms with Crippen molar-refractivity contribution in [1.82, 2.24) is 0 Å². The van der Waals surface area contributed by atoms with Crippen molar-refractivity contribution in [2.24, 2.45) is 5.92 Å². The Labute approximate surface area is 108 Å². The lowest BCUT2D eigenvalue weighted by Crippen LogP contribution is -2.04. The van der Waals surface area contributed by atoms with E-state index in [1.807, 2.05) is 18.2 Å². The highest BCUT2D eigenvalue weighted by Gasteiger charge is 2.14. The van der Waals surface area contributed by atoms with Gasteiger partial charge in [0.15, 0.2) is 0 Å². The summed E-state index contributed by atoms with van der Waals surface area (Å²) in [4.78, 5) is 0. The van der Waals surface area contributed by atoms with Gasteiger partial charge in [0.05, 0.1) is 6.10 Å². The molecular formula is C12H16Br2O. The van der Waals surface area contributed by atoms with Crippen LogP contribution in [0.1, 0.15) is 38.4 Å². The van der Waals surface area contributed by atoms with Crippen LogP contribution in [0.25, 0.3) is 0 Å². The molecule has 1 aromatic carbocycles. The molecule has 1 rings (SSSR count).